The lowest BCUT2D eigenvalue weighted by molar-refractivity contribution is -0.136. The van der Waals surface area contributed by atoms with E-state index in [0.29, 0.717) is 30.2 Å². The Morgan fingerprint density at radius 3 is 2.96 bits per heavy atom. The molecule has 3 rings (SSSR count). The van der Waals surface area contributed by atoms with Crippen LogP contribution in [0.1, 0.15) is 32.1 Å². The molecule has 1 aromatic heterocycles. The first kappa shape index (κ1) is 15.7. The largest absolute Gasteiger partial charge is 0.481 e. The summed E-state index contributed by atoms with van der Waals surface area (Å²) in [4.78, 5) is 24.9. The van der Waals surface area contributed by atoms with Gasteiger partial charge in [0.05, 0.1) is 18.1 Å². The summed E-state index contributed by atoms with van der Waals surface area (Å²) >= 11 is 1.51. The molecule has 5 nitrogen and oxygen atoms in total. The van der Waals surface area contributed by atoms with E-state index < -0.39 is 5.97 Å². The molecule has 0 aliphatic carbocycles. The average Bonchev–Trinajstić information content (AvgIpc) is 2.97. The maximum atomic E-state index is 12.4. The minimum Gasteiger partial charge on any atom is -0.481 e. The van der Waals surface area contributed by atoms with Gasteiger partial charge in [0.2, 0.25) is 0 Å². The highest BCUT2D eigenvalue weighted by Gasteiger charge is 2.17. The number of thiophene rings is 1. The van der Waals surface area contributed by atoms with Crippen LogP contribution in [-0.4, -0.2) is 23.6 Å². The number of aryl methyl sites for hydroxylation is 1. The Morgan fingerprint density at radius 1 is 1.30 bits per heavy atom. The lowest BCUT2D eigenvalue weighted by Crippen LogP contribution is -2.10. The second-order valence-electron chi connectivity index (χ2n) is 5.41. The van der Waals surface area contributed by atoms with Crippen LogP contribution in [0.25, 0.3) is 0 Å². The fourth-order valence-corrected chi connectivity index (χ4v) is 3.55. The van der Waals surface area contributed by atoms with E-state index in [9.17, 15) is 9.59 Å². The van der Waals surface area contributed by atoms with Gasteiger partial charge in [-0.3, -0.25) is 9.59 Å². The summed E-state index contributed by atoms with van der Waals surface area (Å²) in [6, 6.07) is 9.19. The molecule has 0 spiro atoms. The summed E-state index contributed by atoms with van der Waals surface area (Å²) < 4.78 is 5.40. The smallest absolute Gasteiger partial charge is 0.303 e. The van der Waals surface area contributed by atoms with Crippen molar-refractivity contribution in [2.75, 3.05) is 11.9 Å². The lowest BCUT2D eigenvalue weighted by atomic mass is 10.1. The summed E-state index contributed by atoms with van der Waals surface area (Å²) in [5, 5.41) is 11.6. The third kappa shape index (κ3) is 3.97. The molecule has 2 N–H and O–H groups in total. The van der Waals surface area contributed by atoms with Crippen LogP contribution < -0.4 is 5.32 Å². The zero-order valence-electron chi connectivity index (χ0n) is 12.5. The number of fused-ring (bicyclic) bond motifs is 1. The monoisotopic (exact) mass is 331 g/mol. The molecular formula is C17H17NO4S. The molecule has 2 aromatic rings. The highest BCUT2D eigenvalue weighted by Crippen LogP contribution is 2.27. The van der Waals surface area contributed by atoms with Crippen LogP contribution in [0.2, 0.25) is 0 Å². The molecule has 0 bridgehead atoms. The molecule has 0 radical (unpaired) electrons. The first-order valence-corrected chi connectivity index (χ1v) is 8.25. The fraction of sp³-hybridized carbons (Fsp3) is 0.294. The van der Waals surface area contributed by atoms with Gasteiger partial charge in [0.1, 0.15) is 0 Å². The van der Waals surface area contributed by atoms with Crippen LogP contribution in [0.15, 0.2) is 30.3 Å². The number of nitrogens with one attached hydrogen (secondary N) is 1. The second-order valence-corrected chi connectivity index (χ2v) is 6.55. The van der Waals surface area contributed by atoms with Crippen LogP contribution in [0.3, 0.4) is 0 Å². The Morgan fingerprint density at radius 2 is 2.17 bits per heavy atom. The summed E-state index contributed by atoms with van der Waals surface area (Å²) in [6.45, 7) is 1.28. The topological polar surface area (TPSA) is 75.6 Å². The van der Waals surface area contributed by atoms with Crippen molar-refractivity contribution in [3.05, 3.63) is 51.2 Å². The Hall–Kier alpha value is -2.18. The average molecular weight is 331 g/mol. The van der Waals surface area contributed by atoms with Crippen molar-refractivity contribution < 1.29 is 19.4 Å². The first-order valence-electron chi connectivity index (χ1n) is 7.43. The molecule has 0 saturated heterocycles. The molecule has 2 heterocycles. The van der Waals surface area contributed by atoms with Crippen molar-refractivity contribution in [1.29, 1.82) is 0 Å². The summed E-state index contributed by atoms with van der Waals surface area (Å²) in [7, 11) is 0. The quantitative estimate of drug-likeness (QED) is 0.883. The van der Waals surface area contributed by atoms with Crippen molar-refractivity contribution >= 4 is 28.9 Å². The molecule has 120 valence electrons. The number of rotatable bonds is 5. The SMILES string of the molecule is O=C(O)CCc1cccc(NC(=O)c2cc3c(s2)CCOC3)c1. The fourth-order valence-electron chi connectivity index (χ4n) is 2.51. The predicted octanol–water partition coefficient (Wildman–Crippen LogP) is 3.09. The van der Waals surface area contributed by atoms with Gasteiger partial charge in [-0.2, -0.15) is 0 Å². The summed E-state index contributed by atoms with van der Waals surface area (Å²) in [5.74, 6) is -0.967. The third-order valence-electron chi connectivity index (χ3n) is 3.66. The number of amides is 1. The van der Waals surface area contributed by atoms with E-state index in [4.69, 9.17) is 9.84 Å². The highest BCUT2D eigenvalue weighted by molar-refractivity contribution is 7.14. The Kier molecular flexibility index (Phi) is 4.73. The molecule has 23 heavy (non-hydrogen) atoms. The first-order chi connectivity index (χ1) is 11.1. The third-order valence-corrected chi connectivity index (χ3v) is 4.90. The van der Waals surface area contributed by atoms with Crippen LogP contribution in [0.5, 0.6) is 0 Å². The standard InChI is InChI=1S/C17H17NO4S/c19-16(20)5-4-11-2-1-3-13(8-11)18-17(21)15-9-12-10-22-7-6-14(12)23-15/h1-3,8-9H,4-7,10H2,(H,18,21)(H,19,20). The van der Waals surface area contributed by atoms with Gasteiger partial charge in [-0.15, -0.1) is 11.3 Å². The molecule has 1 amide bonds. The van der Waals surface area contributed by atoms with Crippen LogP contribution in [0.4, 0.5) is 5.69 Å². The predicted molar refractivity (Wildman–Crippen MR) is 88.0 cm³/mol. The maximum Gasteiger partial charge on any atom is 0.303 e. The number of ether oxygens (including phenoxy) is 1. The van der Waals surface area contributed by atoms with Crippen molar-refractivity contribution in [2.45, 2.75) is 25.9 Å². The van der Waals surface area contributed by atoms with E-state index in [1.165, 1.54) is 16.2 Å². The van der Waals surface area contributed by atoms with E-state index in [2.05, 4.69) is 5.32 Å². The zero-order valence-corrected chi connectivity index (χ0v) is 13.3. The van der Waals surface area contributed by atoms with Gasteiger partial charge in [-0.25, -0.2) is 0 Å². The van der Waals surface area contributed by atoms with Crippen molar-refractivity contribution in [1.82, 2.24) is 0 Å². The van der Waals surface area contributed by atoms with Crippen LogP contribution >= 0.6 is 11.3 Å². The van der Waals surface area contributed by atoms with Crippen LogP contribution in [0, 0.1) is 0 Å². The molecule has 0 fully saturated rings. The Bertz CT molecular complexity index is 714. The minimum absolute atomic E-state index is 0.0784. The number of carbonyl (C=O) groups excluding carboxylic acids is 1. The van der Waals surface area contributed by atoms with Crippen molar-refractivity contribution in [3.63, 3.8) is 0 Å². The number of anilines is 1. The molecular weight excluding hydrogens is 314 g/mol. The number of benzene rings is 1. The van der Waals surface area contributed by atoms with E-state index >= 15 is 0 Å². The number of carbonyl (C=O) groups is 2. The van der Waals surface area contributed by atoms with E-state index in [-0.39, 0.29) is 12.3 Å². The highest BCUT2D eigenvalue weighted by atomic mass is 32.1. The van der Waals surface area contributed by atoms with Gasteiger partial charge in [0, 0.05) is 23.4 Å². The van der Waals surface area contributed by atoms with Gasteiger partial charge in [-0.05, 0) is 35.7 Å². The zero-order chi connectivity index (χ0) is 16.2. The Balaban J connectivity index is 1.68. The molecule has 0 unspecified atom stereocenters. The molecule has 1 aromatic carbocycles. The molecule has 0 atom stereocenters. The van der Waals surface area contributed by atoms with Gasteiger partial charge in [0.25, 0.3) is 5.91 Å². The number of carboxylic acid groups (broad SMARTS) is 1. The Labute approximate surface area is 137 Å². The summed E-state index contributed by atoms with van der Waals surface area (Å²) in [5.41, 5.74) is 2.67. The second kappa shape index (κ2) is 6.93. The van der Waals surface area contributed by atoms with Gasteiger partial charge >= 0.3 is 5.97 Å². The maximum absolute atomic E-state index is 12.4. The van der Waals surface area contributed by atoms with Gasteiger partial charge in [-0.1, -0.05) is 12.1 Å². The number of aliphatic carboxylic acids is 1. The van der Waals surface area contributed by atoms with Gasteiger partial charge in [0.15, 0.2) is 0 Å². The minimum atomic E-state index is -0.828. The van der Waals surface area contributed by atoms with E-state index in [0.717, 1.165) is 17.5 Å². The van der Waals surface area contributed by atoms with Crippen molar-refractivity contribution in [2.24, 2.45) is 0 Å². The number of hydrogen-bond donors (Lipinski definition) is 2. The lowest BCUT2D eigenvalue weighted by Gasteiger charge is -2.10. The normalized spacial score (nSPS) is 13.4. The van der Waals surface area contributed by atoms with E-state index in [1.807, 2.05) is 24.3 Å². The molecule has 6 heteroatoms. The van der Waals surface area contributed by atoms with Crippen LogP contribution in [-0.2, 0) is 29.0 Å². The molecule has 1 aliphatic heterocycles. The number of hydrogen-bond acceptors (Lipinski definition) is 4. The van der Waals surface area contributed by atoms with E-state index in [1.54, 1.807) is 6.07 Å². The molecule has 1 aliphatic rings. The van der Waals surface area contributed by atoms with Gasteiger partial charge < -0.3 is 15.2 Å². The van der Waals surface area contributed by atoms with Crippen molar-refractivity contribution in [3.8, 4) is 0 Å². The summed E-state index contributed by atoms with van der Waals surface area (Å²) in [6.07, 6.45) is 1.39. The molecule has 0 saturated carbocycles. The number of carboxylic acids is 1.